The fourth-order valence-corrected chi connectivity index (χ4v) is 4.60. The zero-order chi connectivity index (χ0) is 19.1. The van der Waals surface area contributed by atoms with Crippen LogP contribution in [-0.4, -0.2) is 55.1 Å². The van der Waals surface area contributed by atoms with E-state index in [1.54, 1.807) is 6.92 Å². The third-order valence-electron chi connectivity index (χ3n) is 6.12. The van der Waals surface area contributed by atoms with E-state index in [9.17, 15) is 4.79 Å². The van der Waals surface area contributed by atoms with Crippen LogP contribution in [-0.2, 0) is 24.4 Å². The molecule has 3 aromatic rings. The first-order valence-corrected chi connectivity index (χ1v) is 10.1. The lowest BCUT2D eigenvalue weighted by Gasteiger charge is -2.33. The highest BCUT2D eigenvalue weighted by Crippen LogP contribution is 2.28. The summed E-state index contributed by atoms with van der Waals surface area (Å²) in [5.74, 6) is 2.58. The van der Waals surface area contributed by atoms with E-state index < -0.39 is 0 Å². The van der Waals surface area contributed by atoms with Gasteiger partial charge in [0.25, 0.3) is 0 Å². The zero-order valence-corrected chi connectivity index (χ0v) is 16.3. The summed E-state index contributed by atoms with van der Waals surface area (Å²) in [5.41, 5.74) is 2.50. The normalized spacial score (nSPS) is 20.5. The van der Waals surface area contributed by atoms with Gasteiger partial charge in [0.2, 0.25) is 5.91 Å². The number of likely N-dealkylation sites (tertiary alicyclic amines) is 1. The second-order valence-corrected chi connectivity index (χ2v) is 8.04. The Balaban J connectivity index is 1.29. The van der Waals surface area contributed by atoms with Crippen molar-refractivity contribution >= 4 is 16.8 Å². The quantitative estimate of drug-likeness (QED) is 0.760. The Hall–Kier alpha value is -2.67. The molecule has 7 nitrogen and oxygen atoms in total. The average Bonchev–Trinajstić information content (AvgIpc) is 3.34. The largest absolute Gasteiger partial charge is 0.361 e. The van der Waals surface area contributed by atoms with Crippen LogP contribution in [0.1, 0.15) is 42.9 Å². The van der Waals surface area contributed by atoms with Crippen molar-refractivity contribution in [2.45, 2.75) is 45.3 Å². The number of hydrogen-bond donors (Lipinski definition) is 1. The van der Waals surface area contributed by atoms with Crippen LogP contribution in [0.25, 0.3) is 10.9 Å². The Labute approximate surface area is 164 Å². The van der Waals surface area contributed by atoms with E-state index in [1.165, 1.54) is 16.5 Å². The predicted molar refractivity (Wildman–Crippen MR) is 107 cm³/mol. The number of rotatable bonds is 3. The molecule has 5 rings (SSSR count). The minimum Gasteiger partial charge on any atom is -0.361 e. The van der Waals surface area contributed by atoms with E-state index in [0.29, 0.717) is 5.92 Å². The third kappa shape index (κ3) is 3.20. The van der Waals surface area contributed by atoms with Gasteiger partial charge in [-0.1, -0.05) is 6.07 Å². The van der Waals surface area contributed by atoms with Gasteiger partial charge in [-0.3, -0.25) is 9.69 Å². The fraction of sp³-hybridized carbons (Fsp3) is 0.476. The van der Waals surface area contributed by atoms with E-state index in [4.69, 9.17) is 0 Å². The van der Waals surface area contributed by atoms with E-state index in [2.05, 4.69) is 48.9 Å². The molecule has 0 spiro atoms. The molecule has 146 valence electrons. The number of benzene rings is 1. The van der Waals surface area contributed by atoms with Crippen molar-refractivity contribution in [2.24, 2.45) is 0 Å². The van der Waals surface area contributed by atoms with Crippen LogP contribution in [0.4, 0.5) is 0 Å². The SMILES string of the molecule is CC(=O)N1CCCC(c2nnc3n2CCN(Cc2ccc4[nH]ccc4c2)C3)C1. The average molecular weight is 378 g/mol. The summed E-state index contributed by atoms with van der Waals surface area (Å²) in [7, 11) is 0. The van der Waals surface area contributed by atoms with Gasteiger partial charge in [-0.25, -0.2) is 0 Å². The van der Waals surface area contributed by atoms with Crippen LogP contribution in [0.3, 0.4) is 0 Å². The van der Waals surface area contributed by atoms with Gasteiger partial charge in [0.05, 0.1) is 6.54 Å². The first-order chi connectivity index (χ1) is 13.7. The number of aromatic amines is 1. The monoisotopic (exact) mass is 378 g/mol. The second kappa shape index (κ2) is 7.05. The molecule has 1 aromatic carbocycles. The molecule has 1 fully saturated rings. The molecule has 1 atom stereocenters. The Morgan fingerprint density at radius 1 is 1.21 bits per heavy atom. The Kier molecular flexibility index (Phi) is 4.39. The molecular weight excluding hydrogens is 352 g/mol. The molecule has 1 saturated heterocycles. The van der Waals surface area contributed by atoms with Crippen molar-refractivity contribution in [3.05, 3.63) is 47.7 Å². The van der Waals surface area contributed by atoms with Crippen molar-refractivity contribution in [1.82, 2.24) is 29.5 Å². The molecule has 4 heterocycles. The smallest absolute Gasteiger partial charge is 0.219 e. The highest BCUT2D eigenvalue weighted by atomic mass is 16.2. The fourth-order valence-electron chi connectivity index (χ4n) is 4.60. The van der Waals surface area contributed by atoms with E-state index in [1.807, 2.05) is 11.1 Å². The Bertz CT molecular complexity index is 1010. The van der Waals surface area contributed by atoms with Crippen molar-refractivity contribution in [2.75, 3.05) is 19.6 Å². The van der Waals surface area contributed by atoms with E-state index >= 15 is 0 Å². The number of carbonyl (C=O) groups excluding carboxylic acids is 1. The van der Waals surface area contributed by atoms with Crippen molar-refractivity contribution in [3.63, 3.8) is 0 Å². The van der Waals surface area contributed by atoms with E-state index in [-0.39, 0.29) is 5.91 Å². The molecule has 2 aliphatic rings. The Morgan fingerprint density at radius 2 is 2.14 bits per heavy atom. The molecule has 2 aromatic heterocycles. The zero-order valence-electron chi connectivity index (χ0n) is 16.3. The van der Waals surface area contributed by atoms with Crippen LogP contribution in [0.15, 0.2) is 30.5 Å². The molecule has 1 unspecified atom stereocenters. The highest BCUT2D eigenvalue weighted by Gasteiger charge is 2.29. The minimum atomic E-state index is 0.161. The summed E-state index contributed by atoms with van der Waals surface area (Å²) >= 11 is 0. The summed E-state index contributed by atoms with van der Waals surface area (Å²) < 4.78 is 2.29. The lowest BCUT2D eigenvalue weighted by molar-refractivity contribution is -0.130. The second-order valence-electron chi connectivity index (χ2n) is 8.04. The minimum absolute atomic E-state index is 0.161. The van der Waals surface area contributed by atoms with Gasteiger partial charge in [0.15, 0.2) is 0 Å². The summed E-state index contributed by atoms with van der Waals surface area (Å²) in [6.07, 6.45) is 4.11. The maximum Gasteiger partial charge on any atom is 0.219 e. The number of H-pyrrole nitrogens is 1. The summed E-state index contributed by atoms with van der Waals surface area (Å²) in [4.78, 5) is 19.4. The van der Waals surface area contributed by atoms with Gasteiger partial charge in [0, 0.05) is 57.3 Å². The molecule has 0 saturated carbocycles. The number of nitrogens with one attached hydrogen (secondary N) is 1. The summed E-state index contributed by atoms with van der Waals surface area (Å²) in [6, 6.07) is 8.72. The topological polar surface area (TPSA) is 70.1 Å². The number of piperidine rings is 1. The summed E-state index contributed by atoms with van der Waals surface area (Å²) in [5, 5.41) is 10.3. The lowest BCUT2D eigenvalue weighted by atomic mass is 9.97. The van der Waals surface area contributed by atoms with Crippen LogP contribution in [0.5, 0.6) is 0 Å². The number of nitrogens with zero attached hydrogens (tertiary/aromatic N) is 5. The summed E-state index contributed by atoms with van der Waals surface area (Å²) in [6.45, 7) is 6.95. The van der Waals surface area contributed by atoms with Crippen LogP contribution >= 0.6 is 0 Å². The maximum atomic E-state index is 11.8. The van der Waals surface area contributed by atoms with Gasteiger partial charge >= 0.3 is 0 Å². The van der Waals surface area contributed by atoms with Gasteiger partial charge in [-0.2, -0.15) is 0 Å². The molecular formula is C21H26N6O. The highest BCUT2D eigenvalue weighted by molar-refractivity contribution is 5.79. The number of aromatic nitrogens is 4. The molecule has 2 aliphatic heterocycles. The number of carbonyl (C=O) groups is 1. The predicted octanol–water partition coefficient (Wildman–Crippen LogP) is 2.50. The Morgan fingerprint density at radius 3 is 3.04 bits per heavy atom. The molecule has 28 heavy (non-hydrogen) atoms. The number of hydrogen-bond acceptors (Lipinski definition) is 4. The molecule has 7 heteroatoms. The van der Waals surface area contributed by atoms with Gasteiger partial charge in [-0.05, 0) is 42.0 Å². The molecule has 0 bridgehead atoms. The first kappa shape index (κ1) is 17.4. The standard InChI is InChI=1S/C21H26N6O/c1-15(28)26-8-2-3-18(13-26)21-24-23-20-14-25(9-10-27(20)21)12-16-4-5-19-17(11-16)6-7-22-19/h4-7,11,18,22H,2-3,8-10,12-14H2,1H3. The number of amides is 1. The van der Waals surface area contributed by atoms with Gasteiger partial charge < -0.3 is 14.5 Å². The van der Waals surface area contributed by atoms with Crippen molar-refractivity contribution in [3.8, 4) is 0 Å². The third-order valence-corrected chi connectivity index (χ3v) is 6.12. The molecule has 0 aliphatic carbocycles. The van der Waals surface area contributed by atoms with Crippen LogP contribution < -0.4 is 0 Å². The molecule has 1 amide bonds. The van der Waals surface area contributed by atoms with Crippen molar-refractivity contribution < 1.29 is 4.79 Å². The maximum absolute atomic E-state index is 11.8. The van der Waals surface area contributed by atoms with Gasteiger partial charge in [-0.15, -0.1) is 10.2 Å². The molecule has 0 radical (unpaired) electrons. The van der Waals surface area contributed by atoms with Crippen molar-refractivity contribution in [1.29, 1.82) is 0 Å². The molecule has 1 N–H and O–H groups in total. The van der Waals surface area contributed by atoms with E-state index in [0.717, 1.165) is 63.8 Å². The van der Waals surface area contributed by atoms with Crippen LogP contribution in [0.2, 0.25) is 0 Å². The van der Waals surface area contributed by atoms with Crippen LogP contribution in [0, 0.1) is 0 Å². The van der Waals surface area contributed by atoms with Gasteiger partial charge in [0.1, 0.15) is 11.6 Å². The number of fused-ring (bicyclic) bond motifs is 2. The lowest BCUT2D eigenvalue weighted by Crippen LogP contribution is -2.39. The first-order valence-electron chi connectivity index (χ1n) is 10.1.